The molecule has 1 aromatic heterocycles. The van der Waals surface area contributed by atoms with Crippen molar-refractivity contribution in [1.29, 1.82) is 0 Å². The van der Waals surface area contributed by atoms with E-state index in [0.29, 0.717) is 5.75 Å². The van der Waals surface area contributed by atoms with Crippen LogP contribution in [-0.2, 0) is 5.75 Å². The van der Waals surface area contributed by atoms with Gasteiger partial charge in [-0.3, -0.25) is 0 Å². The summed E-state index contributed by atoms with van der Waals surface area (Å²) in [4.78, 5) is 7.38. The Morgan fingerprint density at radius 3 is 3.00 bits per heavy atom. The maximum absolute atomic E-state index is 5.16. The number of benzene rings is 1. The van der Waals surface area contributed by atoms with E-state index < -0.39 is 0 Å². The Balaban J connectivity index is 2.35. The zero-order valence-corrected chi connectivity index (χ0v) is 9.29. The Bertz CT molecular complexity index is 453. The number of hydrogen-bond acceptors (Lipinski definition) is 3. The maximum Gasteiger partial charge on any atom is 0.119 e. The van der Waals surface area contributed by atoms with E-state index in [2.05, 4.69) is 22.6 Å². The Morgan fingerprint density at radius 1 is 1.47 bits per heavy atom. The van der Waals surface area contributed by atoms with Crippen LogP contribution in [0.5, 0.6) is 5.75 Å². The lowest BCUT2D eigenvalue weighted by molar-refractivity contribution is 0.415. The van der Waals surface area contributed by atoms with Crippen LogP contribution in [0.3, 0.4) is 0 Å². The van der Waals surface area contributed by atoms with E-state index in [4.69, 9.17) is 4.74 Å². The fourth-order valence-electron chi connectivity index (χ4n) is 1.38. The average molecular weight is 220 g/mol. The lowest BCUT2D eigenvalue weighted by Gasteiger charge is -2.01. The molecular formula is C11H12N2OS. The number of aromatic amines is 1. The molecule has 0 atom stereocenters. The van der Waals surface area contributed by atoms with E-state index in [1.807, 2.05) is 24.3 Å². The molecule has 2 rings (SSSR count). The molecule has 0 fully saturated rings. The summed E-state index contributed by atoms with van der Waals surface area (Å²) < 4.78 is 5.16. The Morgan fingerprint density at radius 2 is 2.33 bits per heavy atom. The van der Waals surface area contributed by atoms with E-state index in [-0.39, 0.29) is 0 Å². The summed E-state index contributed by atoms with van der Waals surface area (Å²) in [5.74, 6) is 2.33. The molecule has 0 aliphatic carbocycles. The highest BCUT2D eigenvalue weighted by Gasteiger charge is 2.02. The normalized spacial score (nSPS) is 10.3. The highest BCUT2D eigenvalue weighted by molar-refractivity contribution is 7.79. The van der Waals surface area contributed by atoms with Crippen LogP contribution < -0.4 is 4.74 Å². The van der Waals surface area contributed by atoms with Gasteiger partial charge in [-0.25, -0.2) is 4.98 Å². The van der Waals surface area contributed by atoms with Crippen LogP contribution >= 0.6 is 12.6 Å². The van der Waals surface area contributed by atoms with Crippen LogP contribution in [0.4, 0.5) is 0 Å². The molecule has 0 amide bonds. The monoisotopic (exact) mass is 220 g/mol. The van der Waals surface area contributed by atoms with Crippen molar-refractivity contribution in [2.24, 2.45) is 0 Å². The van der Waals surface area contributed by atoms with E-state index >= 15 is 0 Å². The van der Waals surface area contributed by atoms with Crippen molar-refractivity contribution in [3.05, 3.63) is 36.3 Å². The number of H-pyrrole nitrogens is 1. The third-order valence-corrected chi connectivity index (χ3v) is 2.46. The van der Waals surface area contributed by atoms with Crippen molar-refractivity contribution in [2.75, 3.05) is 7.11 Å². The summed E-state index contributed by atoms with van der Waals surface area (Å²) in [5.41, 5.74) is 2.05. The maximum atomic E-state index is 5.16. The molecule has 4 heteroatoms. The molecule has 0 radical (unpaired) electrons. The van der Waals surface area contributed by atoms with Crippen molar-refractivity contribution >= 4 is 12.6 Å². The van der Waals surface area contributed by atoms with Gasteiger partial charge in [-0.15, -0.1) is 0 Å². The summed E-state index contributed by atoms with van der Waals surface area (Å²) in [7, 11) is 1.66. The highest BCUT2D eigenvalue weighted by atomic mass is 32.1. The average Bonchev–Trinajstić information content (AvgIpc) is 2.78. The van der Waals surface area contributed by atoms with E-state index in [9.17, 15) is 0 Å². The van der Waals surface area contributed by atoms with E-state index in [1.165, 1.54) is 0 Å². The molecule has 0 bridgehead atoms. The molecule has 3 nitrogen and oxygen atoms in total. The number of rotatable bonds is 3. The third-order valence-electron chi connectivity index (χ3n) is 2.16. The fraction of sp³-hybridized carbons (Fsp3) is 0.182. The summed E-state index contributed by atoms with van der Waals surface area (Å²) in [6.07, 6.45) is 1.81. The molecule has 0 saturated heterocycles. The van der Waals surface area contributed by atoms with Gasteiger partial charge in [0.15, 0.2) is 0 Å². The first kappa shape index (κ1) is 10.1. The van der Waals surface area contributed by atoms with Crippen molar-refractivity contribution in [1.82, 2.24) is 9.97 Å². The minimum Gasteiger partial charge on any atom is -0.497 e. The lowest BCUT2D eigenvalue weighted by atomic mass is 10.1. The van der Waals surface area contributed by atoms with Gasteiger partial charge in [0, 0.05) is 11.3 Å². The van der Waals surface area contributed by atoms with E-state index in [1.54, 1.807) is 13.3 Å². The van der Waals surface area contributed by atoms with Gasteiger partial charge in [0.2, 0.25) is 0 Å². The fourth-order valence-corrected chi connectivity index (χ4v) is 1.54. The highest BCUT2D eigenvalue weighted by Crippen LogP contribution is 2.22. The number of ether oxygens (including phenoxy) is 1. The Kier molecular flexibility index (Phi) is 2.97. The molecule has 0 aliphatic heterocycles. The van der Waals surface area contributed by atoms with Crippen LogP contribution in [-0.4, -0.2) is 17.1 Å². The lowest BCUT2D eigenvalue weighted by Crippen LogP contribution is -1.84. The van der Waals surface area contributed by atoms with Gasteiger partial charge in [0.25, 0.3) is 0 Å². The molecule has 1 heterocycles. The Hall–Kier alpha value is -1.42. The molecule has 1 aromatic carbocycles. The van der Waals surface area contributed by atoms with Gasteiger partial charge in [0.05, 0.1) is 19.0 Å². The molecule has 0 spiro atoms. The van der Waals surface area contributed by atoms with Crippen LogP contribution in [0.25, 0.3) is 11.3 Å². The number of thiol groups is 1. The van der Waals surface area contributed by atoms with Gasteiger partial charge in [-0.1, -0.05) is 12.1 Å². The first-order valence-electron chi connectivity index (χ1n) is 4.62. The van der Waals surface area contributed by atoms with Gasteiger partial charge in [0.1, 0.15) is 11.6 Å². The number of nitrogens with zero attached hydrogens (tertiary/aromatic N) is 1. The van der Waals surface area contributed by atoms with Gasteiger partial charge in [-0.2, -0.15) is 12.6 Å². The van der Waals surface area contributed by atoms with Crippen LogP contribution in [0.2, 0.25) is 0 Å². The van der Waals surface area contributed by atoms with Crippen LogP contribution in [0.15, 0.2) is 30.5 Å². The first-order valence-corrected chi connectivity index (χ1v) is 5.26. The molecular weight excluding hydrogens is 208 g/mol. The zero-order chi connectivity index (χ0) is 10.7. The minimum atomic E-state index is 0.615. The predicted octanol–water partition coefficient (Wildman–Crippen LogP) is 2.52. The molecule has 78 valence electrons. The smallest absolute Gasteiger partial charge is 0.119 e. The molecule has 15 heavy (non-hydrogen) atoms. The van der Waals surface area contributed by atoms with Gasteiger partial charge in [-0.05, 0) is 12.1 Å². The van der Waals surface area contributed by atoms with Crippen molar-refractivity contribution < 1.29 is 4.74 Å². The largest absolute Gasteiger partial charge is 0.497 e. The molecule has 0 saturated carbocycles. The van der Waals surface area contributed by atoms with Crippen molar-refractivity contribution in [3.8, 4) is 17.0 Å². The second-order valence-electron chi connectivity index (χ2n) is 3.13. The SMILES string of the molecule is COc1cccc(-c2cnc(CS)[nH]2)c1. The number of methoxy groups -OCH3 is 1. The summed E-state index contributed by atoms with van der Waals surface area (Å²) in [5, 5.41) is 0. The first-order chi connectivity index (χ1) is 7.33. The predicted molar refractivity (Wildman–Crippen MR) is 63.3 cm³/mol. The second kappa shape index (κ2) is 4.40. The third kappa shape index (κ3) is 2.15. The molecule has 1 N–H and O–H groups in total. The second-order valence-corrected chi connectivity index (χ2v) is 3.45. The van der Waals surface area contributed by atoms with Crippen molar-refractivity contribution in [3.63, 3.8) is 0 Å². The Labute approximate surface area is 93.9 Å². The quantitative estimate of drug-likeness (QED) is 0.780. The summed E-state index contributed by atoms with van der Waals surface area (Å²) >= 11 is 4.16. The number of hydrogen-bond donors (Lipinski definition) is 2. The van der Waals surface area contributed by atoms with Crippen LogP contribution in [0, 0.1) is 0 Å². The number of nitrogens with one attached hydrogen (secondary N) is 1. The molecule has 0 unspecified atom stereocenters. The van der Waals surface area contributed by atoms with Gasteiger partial charge < -0.3 is 9.72 Å². The number of imidazole rings is 1. The summed E-state index contributed by atoms with van der Waals surface area (Å²) in [6.45, 7) is 0. The van der Waals surface area contributed by atoms with Gasteiger partial charge >= 0.3 is 0 Å². The van der Waals surface area contributed by atoms with E-state index in [0.717, 1.165) is 22.8 Å². The zero-order valence-electron chi connectivity index (χ0n) is 8.40. The molecule has 2 aromatic rings. The summed E-state index contributed by atoms with van der Waals surface area (Å²) in [6, 6.07) is 7.85. The minimum absolute atomic E-state index is 0.615. The molecule has 0 aliphatic rings. The van der Waals surface area contributed by atoms with Crippen molar-refractivity contribution in [2.45, 2.75) is 5.75 Å². The van der Waals surface area contributed by atoms with Crippen LogP contribution in [0.1, 0.15) is 5.82 Å². The number of aromatic nitrogens is 2. The topological polar surface area (TPSA) is 37.9 Å². The standard InChI is InChI=1S/C11H12N2OS/c1-14-9-4-2-3-8(5-9)10-6-12-11(7-15)13-10/h2-6,15H,7H2,1H3,(H,12,13).